The van der Waals surface area contributed by atoms with Crippen molar-refractivity contribution in [2.24, 2.45) is 5.92 Å². The van der Waals surface area contributed by atoms with Crippen LogP contribution in [0.1, 0.15) is 31.7 Å². The molecule has 0 aliphatic heterocycles. The van der Waals surface area contributed by atoms with E-state index in [2.05, 4.69) is 48.3 Å². The third-order valence-corrected chi connectivity index (χ3v) is 6.53. The van der Waals surface area contributed by atoms with Crippen LogP contribution in [-0.4, -0.2) is 51.5 Å². The molecule has 0 radical (unpaired) electrons. The lowest BCUT2D eigenvalue weighted by molar-refractivity contribution is -0.128. The van der Waals surface area contributed by atoms with Gasteiger partial charge in [0.2, 0.25) is 5.91 Å². The number of carbonyl (C=O) groups is 1. The molecule has 1 fully saturated rings. The van der Waals surface area contributed by atoms with Gasteiger partial charge in [0.1, 0.15) is 5.75 Å². The number of aromatic nitrogens is 3. The van der Waals surface area contributed by atoms with Gasteiger partial charge < -0.3 is 9.64 Å². The van der Waals surface area contributed by atoms with Crippen LogP contribution in [0.4, 0.5) is 0 Å². The van der Waals surface area contributed by atoms with Crippen LogP contribution in [0.15, 0.2) is 53.7 Å². The number of rotatable bonds is 10. The molecule has 0 saturated heterocycles. The first-order valence-electron chi connectivity index (χ1n) is 11.2. The smallest absolute Gasteiger partial charge is 0.233 e. The fourth-order valence-corrected chi connectivity index (χ4v) is 4.57. The Kier molecular flexibility index (Phi) is 7.15. The Bertz CT molecular complexity index is 1060. The zero-order chi connectivity index (χ0) is 22.5. The molecule has 168 valence electrons. The first-order chi connectivity index (χ1) is 15.6. The van der Waals surface area contributed by atoms with E-state index in [1.807, 2.05) is 33.7 Å². The summed E-state index contributed by atoms with van der Waals surface area (Å²) in [5.74, 6) is 2.64. The summed E-state index contributed by atoms with van der Waals surface area (Å²) < 4.78 is 7.58. The zero-order valence-corrected chi connectivity index (χ0v) is 19.8. The van der Waals surface area contributed by atoms with E-state index in [-0.39, 0.29) is 5.91 Å². The molecular weight excluding hydrogens is 420 g/mol. The Morgan fingerprint density at radius 1 is 1.16 bits per heavy atom. The highest BCUT2D eigenvalue weighted by molar-refractivity contribution is 7.99. The third-order valence-electron chi connectivity index (χ3n) is 5.62. The fraction of sp³-hybridized carbons (Fsp3) is 0.400. The maximum absolute atomic E-state index is 13.0. The van der Waals surface area contributed by atoms with Crippen LogP contribution in [0.25, 0.3) is 17.1 Å². The molecule has 32 heavy (non-hydrogen) atoms. The maximum Gasteiger partial charge on any atom is 0.233 e. The Morgan fingerprint density at radius 3 is 2.59 bits per heavy atom. The summed E-state index contributed by atoms with van der Waals surface area (Å²) in [6, 6.07) is 16.0. The average molecular weight is 451 g/mol. The molecule has 2 aromatic carbocycles. The van der Waals surface area contributed by atoms with Gasteiger partial charge in [-0.2, -0.15) is 0 Å². The molecule has 1 amide bonds. The summed E-state index contributed by atoms with van der Waals surface area (Å²) in [7, 11) is 1.65. The summed E-state index contributed by atoms with van der Waals surface area (Å²) in [4.78, 5) is 15.0. The predicted octanol–water partition coefficient (Wildman–Crippen LogP) is 4.99. The molecule has 1 aromatic heterocycles. The number of methoxy groups -OCH3 is 1. The summed E-state index contributed by atoms with van der Waals surface area (Å²) in [6.45, 7) is 5.87. The Balaban J connectivity index is 1.64. The van der Waals surface area contributed by atoms with Crippen LogP contribution >= 0.6 is 11.8 Å². The first kappa shape index (κ1) is 22.4. The topological polar surface area (TPSA) is 60.3 Å². The molecule has 7 heteroatoms. The number of benzene rings is 2. The number of hydrogen-bond acceptors (Lipinski definition) is 5. The van der Waals surface area contributed by atoms with Crippen molar-refractivity contribution in [2.45, 2.75) is 38.3 Å². The van der Waals surface area contributed by atoms with Gasteiger partial charge in [0.25, 0.3) is 0 Å². The molecule has 0 bridgehead atoms. The highest BCUT2D eigenvalue weighted by Crippen LogP contribution is 2.34. The molecule has 0 unspecified atom stereocenters. The monoisotopic (exact) mass is 450 g/mol. The van der Waals surface area contributed by atoms with Crippen molar-refractivity contribution < 1.29 is 9.53 Å². The average Bonchev–Trinajstić information content (AvgIpc) is 3.54. The fourth-order valence-electron chi connectivity index (χ4n) is 3.71. The molecule has 1 heterocycles. The molecule has 0 spiro atoms. The van der Waals surface area contributed by atoms with Gasteiger partial charge in [-0.15, -0.1) is 10.2 Å². The van der Waals surface area contributed by atoms with Crippen LogP contribution in [0.2, 0.25) is 0 Å². The van der Waals surface area contributed by atoms with Crippen LogP contribution in [0.3, 0.4) is 0 Å². The molecule has 1 saturated carbocycles. The van der Waals surface area contributed by atoms with Crippen molar-refractivity contribution in [2.75, 3.05) is 26.0 Å². The Morgan fingerprint density at radius 2 is 1.91 bits per heavy atom. The van der Waals surface area contributed by atoms with E-state index < -0.39 is 0 Å². The van der Waals surface area contributed by atoms with Crippen molar-refractivity contribution >= 4 is 17.7 Å². The maximum atomic E-state index is 13.0. The second-order valence-electron chi connectivity index (χ2n) is 8.25. The molecule has 0 atom stereocenters. The third kappa shape index (κ3) is 5.15. The van der Waals surface area contributed by atoms with E-state index in [0.29, 0.717) is 22.7 Å². The lowest BCUT2D eigenvalue weighted by Crippen LogP contribution is -2.35. The van der Waals surface area contributed by atoms with Gasteiger partial charge in [-0.05, 0) is 56.4 Å². The zero-order valence-electron chi connectivity index (χ0n) is 19.0. The number of ether oxygens (including phenoxy) is 1. The number of thioether (sulfide) groups is 1. The van der Waals surface area contributed by atoms with Crippen LogP contribution in [0, 0.1) is 12.8 Å². The van der Waals surface area contributed by atoms with E-state index in [1.165, 1.54) is 30.2 Å². The number of amides is 1. The number of aryl methyl sites for hydroxylation is 1. The molecule has 1 aliphatic carbocycles. The van der Waals surface area contributed by atoms with E-state index in [9.17, 15) is 4.79 Å². The molecule has 1 aliphatic rings. The number of nitrogens with zero attached hydrogens (tertiary/aromatic N) is 4. The van der Waals surface area contributed by atoms with Crippen molar-refractivity contribution in [3.05, 3.63) is 54.1 Å². The quantitative estimate of drug-likeness (QED) is 0.407. The molecule has 3 aromatic rings. The summed E-state index contributed by atoms with van der Waals surface area (Å²) >= 11 is 1.44. The van der Waals surface area contributed by atoms with E-state index in [1.54, 1.807) is 7.11 Å². The Labute approximate surface area is 194 Å². The molecule has 6 nitrogen and oxygen atoms in total. The van der Waals surface area contributed by atoms with Gasteiger partial charge in [0.05, 0.1) is 18.4 Å². The molecule has 0 N–H and O–H groups in total. The molecule has 4 rings (SSSR count). The number of para-hydroxylation sites is 1. The normalized spacial score (nSPS) is 13.2. The van der Waals surface area contributed by atoms with Crippen LogP contribution in [-0.2, 0) is 4.79 Å². The van der Waals surface area contributed by atoms with Crippen LogP contribution < -0.4 is 4.74 Å². The van der Waals surface area contributed by atoms with Gasteiger partial charge >= 0.3 is 0 Å². The lowest BCUT2D eigenvalue weighted by atomic mass is 10.1. The van der Waals surface area contributed by atoms with E-state index >= 15 is 0 Å². The highest BCUT2D eigenvalue weighted by atomic mass is 32.2. The van der Waals surface area contributed by atoms with Gasteiger partial charge in [-0.3, -0.25) is 9.36 Å². The number of carbonyl (C=O) groups excluding carboxylic acids is 1. The summed E-state index contributed by atoms with van der Waals surface area (Å²) in [6.07, 6.45) is 3.45. The van der Waals surface area contributed by atoms with E-state index in [4.69, 9.17) is 4.74 Å². The second-order valence-corrected chi connectivity index (χ2v) is 9.19. The lowest BCUT2D eigenvalue weighted by Gasteiger charge is -2.21. The van der Waals surface area contributed by atoms with Crippen molar-refractivity contribution in [1.82, 2.24) is 19.7 Å². The van der Waals surface area contributed by atoms with Gasteiger partial charge in [0, 0.05) is 18.8 Å². The summed E-state index contributed by atoms with van der Waals surface area (Å²) in [5.41, 5.74) is 3.00. The SMILES string of the molecule is CCCN(CC1CC1)C(=O)CSc1nnc(-c2ccccc2OC)n1-c1ccc(C)cc1. The number of hydrogen-bond donors (Lipinski definition) is 0. The molecular formula is C25H30N4O2S. The van der Waals surface area contributed by atoms with Gasteiger partial charge in [-0.1, -0.05) is 48.5 Å². The van der Waals surface area contributed by atoms with Gasteiger partial charge in [-0.25, -0.2) is 0 Å². The van der Waals surface area contributed by atoms with E-state index in [0.717, 1.165) is 36.5 Å². The summed E-state index contributed by atoms with van der Waals surface area (Å²) in [5, 5.41) is 9.67. The first-order valence-corrected chi connectivity index (χ1v) is 12.2. The van der Waals surface area contributed by atoms with Gasteiger partial charge in [0.15, 0.2) is 11.0 Å². The van der Waals surface area contributed by atoms with Crippen molar-refractivity contribution in [3.63, 3.8) is 0 Å². The minimum Gasteiger partial charge on any atom is -0.496 e. The second kappa shape index (κ2) is 10.2. The predicted molar refractivity (Wildman–Crippen MR) is 128 cm³/mol. The van der Waals surface area contributed by atoms with Crippen molar-refractivity contribution in [1.29, 1.82) is 0 Å². The standard InChI is InChI=1S/C25H30N4O2S/c1-4-15-28(16-19-11-12-19)23(30)17-32-25-27-26-24(21-7-5-6-8-22(21)31-3)29(25)20-13-9-18(2)10-14-20/h5-10,13-14,19H,4,11-12,15-17H2,1-3H3. The minimum atomic E-state index is 0.168. The van der Waals surface area contributed by atoms with Crippen LogP contribution in [0.5, 0.6) is 5.75 Å². The highest BCUT2D eigenvalue weighted by Gasteiger charge is 2.27. The largest absolute Gasteiger partial charge is 0.496 e. The Hall–Kier alpha value is -2.80. The van der Waals surface area contributed by atoms with Crippen molar-refractivity contribution in [3.8, 4) is 22.8 Å². The minimum absolute atomic E-state index is 0.168.